The summed E-state index contributed by atoms with van der Waals surface area (Å²) >= 11 is 4.44. The predicted octanol–water partition coefficient (Wildman–Crippen LogP) is 1.73. The number of aryl methyl sites for hydroxylation is 1. The minimum absolute atomic E-state index is 0.381. The van der Waals surface area contributed by atoms with E-state index >= 15 is 0 Å². The van der Waals surface area contributed by atoms with E-state index in [0.717, 1.165) is 4.88 Å². The van der Waals surface area contributed by atoms with Gasteiger partial charge in [0.05, 0.1) is 0 Å². The molecule has 0 fully saturated rings. The van der Waals surface area contributed by atoms with Crippen molar-refractivity contribution in [1.29, 1.82) is 0 Å². The van der Waals surface area contributed by atoms with E-state index in [0.29, 0.717) is 16.1 Å². The average Bonchev–Trinajstić information content (AvgIpc) is 2.49. The first-order chi connectivity index (χ1) is 6.06. The van der Waals surface area contributed by atoms with E-state index < -0.39 is 10.0 Å². The van der Waals surface area contributed by atoms with Crippen LogP contribution in [-0.2, 0) is 10.0 Å². The van der Waals surface area contributed by atoms with Gasteiger partial charge in [-0.2, -0.15) is 0 Å². The Morgan fingerprint density at radius 3 is 2.69 bits per heavy atom. The van der Waals surface area contributed by atoms with Gasteiger partial charge in [-0.1, -0.05) is 15.9 Å². The van der Waals surface area contributed by atoms with Gasteiger partial charge in [-0.3, -0.25) is 0 Å². The van der Waals surface area contributed by atoms with E-state index in [1.54, 1.807) is 12.1 Å². The molecule has 6 heteroatoms. The molecule has 0 radical (unpaired) electrons. The van der Waals surface area contributed by atoms with Crippen LogP contribution in [0.4, 0.5) is 0 Å². The van der Waals surface area contributed by atoms with Crippen LogP contribution >= 0.6 is 27.3 Å². The Morgan fingerprint density at radius 2 is 2.23 bits per heavy atom. The molecule has 3 nitrogen and oxygen atoms in total. The van der Waals surface area contributed by atoms with E-state index in [9.17, 15) is 8.42 Å². The van der Waals surface area contributed by atoms with E-state index in [1.165, 1.54) is 11.3 Å². The minimum Gasteiger partial charge on any atom is -0.210 e. The standard InChI is InChI=1S/C7H10BrNO2S2/c1-6-2-3-7(12-6)13(10,11)9-5-4-8/h2-3,9H,4-5H2,1H3. The fraction of sp³-hybridized carbons (Fsp3) is 0.429. The number of sulfonamides is 1. The van der Waals surface area contributed by atoms with E-state index in [4.69, 9.17) is 0 Å². The van der Waals surface area contributed by atoms with Gasteiger partial charge in [-0.15, -0.1) is 11.3 Å². The van der Waals surface area contributed by atoms with Crippen LogP contribution in [0.2, 0.25) is 0 Å². The zero-order chi connectivity index (χ0) is 9.90. The number of hydrogen-bond acceptors (Lipinski definition) is 3. The van der Waals surface area contributed by atoms with Gasteiger partial charge in [0, 0.05) is 16.8 Å². The molecule has 0 saturated heterocycles. The van der Waals surface area contributed by atoms with Gasteiger partial charge in [0.25, 0.3) is 0 Å². The second-order valence-corrected chi connectivity index (χ2v) is 6.53. The summed E-state index contributed by atoms with van der Waals surface area (Å²) in [6.07, 6.45) is 0. The fourth-order valence-electron chi connectivity index (χ4n) is 0.801. The lowest BCUT2D eigenvalue weighted by Crippen LogP contribution is -2.24. The summed E-state index contributed by atoms with van der Waals surface area (Å²) in [5.74, 6) is 0. The van der Waals surface area contributed by atoms with Crippen LogP contribution in [0.5, 0.6) is 0 Å². The van der Waals surface area contributed by atoms with Crippen molar-refractivity contribution in [2.24, 2.45) is 0 Å². The molecule has 1 N–H and O–H groups in total. The molecule has 0 atom stereocenters. The van der Waals surface area contributed by atoms with Crippen molar-refractivity contribution in [3.8, 4) is 0 Å². The highest BCUT2D eigenvalue weighted by Crippen LogP contribution is 2.19. The van der Waals surface area contributed by atoms with Gasteiger partial charge in [0.2, 0.25) is 10.0 Å². The molecule has 0 aromatic carbocycles. The van der Waals surface area contributed by atoms with Crippen LogP contribution in [0, 0.1) is 6.92 Å². The molecule has 0 saturated carbocycles. The number of rotatable bonds is 4. The lowest BCUT2D eigenvalue weighted by Gasteiger charge is -2.00. The Morgan fingerprint density at radius 1 is 1.54 bits per heavy atom. The Kier molecular flexibility index (Phi) is 3.90. The van der Waals surface area contributed by atoms with Gasteiger partial charge in [-0.05, 0) is 19.1 Å². The summed E-state index contributed by atoms with van der Waals surface area (Å²) in [6, 6.07) is 3.42. The molecule has 0 amide bonds. The molecule has 0 spiro atoms. The number of hydrogen-bond donors (Lipinski definition) is 1. The van der Waals surface area contributed by atoms with Crippen LogP contribution in [-0.4, -0.2) is 20.3 Å². The molecule has 0 bridgehead atoms. The third-order valence-corrected chi connectivity index (χ3v) is 4.72. The molecule has 0 aliphatic carbocycles. The van der Waals surface area contributed by atoms with Gasteiger partial charge in [0.15, 0.2) is 0 Å². The quantitative estimate of drug-likeness (QED) is 0.856. The Bertz CT molecular complexity index is 372. The molecule has 13 heavy (non-hydrogen) atoms. The normalized spacial score (nSPS) is 11.8. The van der Waals surface area contributed by atoms with Crippen LogP contribution in [0.3, 0.4) is 0 Å². The monoisotopic (exact) mass is 283 g/mol. The second-order valence-electron chi connectivity index (χ2n) is 2.45. The number of halogens is 1. The van der Waals surface area contributed by atoms with Crippen LogP contribution < -0.4 is 4.72 Å². The molecular formula is C7H10BrNO2S2. The summed E-state index contributed by atoms with van der Waals surface area (Å²) in [5, 5.41) is 0.622. The first-order valence-corrected chi connectivity index (χ1v) is 7.10. The van der Waals surface area contributed by atoms with Crippen molar-refractivity contribution in [3.63, 3.8) is 0 Å². The van der Waals surface area contributed by atoms with Crippen molar-refractivity contribution in [2.75, 3.05) is 11.9 Å². The lowest BCUT2D eigenvalue weighted by atomic mass is 10.5. The van der Waals surface area contributed by atoms with Crippen LogP contribution in [0.25, 0.3) is 0 Å². The highest BCUT2D eigenvalue weighted by Gasteiger charge is 2.14. The Labute approximate surface area is 90.3 Å². The molecule has 0 aliphatic rings. The molecule has 74 valence electrons. The van der Waals surface area contributed by atoms with Crippen molar-refractivity contribution >= 4 is 37.3 Å². The fourth-order valence-corrected chi connectivity index (χ4v) is 3.62. The SMILES string of the molecule is Cc1ccc(S(=O)(=O)NCCBr)s1. The summed E-state index contributed by atoms with van der Waals surface area (Å²) < 4.78 is 25.8. The maximum atomic E-state index is 11.5. The van der Waals surface area contributed by atoms with E-state index in [1.807, 2.05) is 6.92 Å². The van der Waals surface area contributed by atoms with E-state index in [-0.39, 0.29) is 0 Å². The number of alkyl halides is 1. The van der Waals surface area contributed by atoms with Gasteiger partial charge in [0.1, 0.15) is 4.21 Å². The summed E-state index contributed by atoms with van der Waals surface area (Å²) in [6.45, 7) is 2.30. The van der Waals surface area contributed by atoms with Crippen molar-refractivity contribution < 1.29 is 8.42 Å². The molecule has 1 aromatic rings. The molecule has 0 unspecified atom stereocenters. The molecule has 1 rings (SSSR count). The largest absolute Gasteiger partial charge is 0.250 e. The summed E-state index contributed by atoms with van der Waals surface area (Å²) in [5.41, 5.74) is 0. The molecule has 1 aromatic heterocycles. The zero-order valence-electron chi connectivity index (χ0n) is 7.08. The van der Waals surface area contributed by atoms with Crippen LogP contribution in [0.15, 0.2) is 16.3 Å². The summed E-state index contributed by atoms with van der Waals surface area (Å²) in [7, 11) is -3.26. The van der Waals surface area contributed by atoms with Gasteiger partial charge in [-0.25, -0.2) is 13.1 Å². The Hall–Kier alpha value is 0.0900. The Balaban J connectivity index is 2.82. The third-order valence-electron chi connectivity index (χ3n) is 1.37. The number of nitrogens with one attached hydrogen (secondary N) is 1. The summed E-state index contributed by atoms with van der Waals surface area (Å²) in [4.78, 5) is 0.999. The maximum Gasteiger partial charge on any atom is 0.250 e. The highest BCUT2D eigenvalue weighted by molar-refractivity contribution is 9.09. The maximum absolute atomic E-state index is 11.5. The average molecular weight is 284 g/mol. The predicted molar refractivity (Wildman–Crippen MR) is 58.0 cm³/mol. The van der Waals surface area contributed by atoms with Crippen LogP contribution in [0.1, 0.15) is 4.88 Å². The zero-order valence-corrected chi connectivity index (χ0v) is 10.3. The molecule has 0 aliphatic heterocycles. The lowest BCUT2D eigenvalue weighted by molar-refractivity contribution is 0.586. The molecular weight excluding hydrogens is 274 g/mol. The molecule has 1 heterocycles. The van der Waals surface area contributed by atoms with E-state index in [2.05, 4.69) is 20.7 Å². The van der Waals surface area contributed by atoms with Crippen molar-refractivity contribution in [3.05, 3.63) is 17.0 Å². The first kappa shape index (κ1) is 11.2. The van der Waals surface area contributed by atoms with Gasteiger partial charge < -0.3 is 0 Å². The van der Waals surface area contributed by atoms with Crippen molar-refractivity contribution in [2.45, 2.75) is 11.1 Å². The van der Waals surface area contributed by atoms with Crippen molar-refractivity contribution in [1.82, 2.24) is 4.72 Å². The van der Waals surface area contributed by atoms with Gasteiger partial charge >= 0.3 is 0 Å². The topological polar surface area (TPSA) is 46.2 Å². The third kappa shape index (κ3) is 3.05. The minimum atomic E-state index is -3.26. The second kappa shape index (κ2) is 4.54. The number of thiophene rings is 1. The highest BCUT2D eigenvalue weighted by atomic mass is 79.9. The first-order valence-electron chi connectivity index (χ1n) is 3.68. The smallest absolute Gasteiger partial charge is 0.210 e.